The summed E-state index contributed by atoms with van der Waals surface area (Å²) in [5.41, 5.74) is 1.04. The number of benzene rings is 2. The summed E-state index contributed by atoms with van der Waals surface area (Å²) in [6.45, 7) is 0. The molecule has 0 saturated heterocycles. The number of methoxy groups -OCH3 is 3. The van der Waals surface area contributed by atoms with Gasteiger partial charge < -0.3 is 18.7 Å². The minimum Gasteiger partial charge on any atom is -0.497 e. The fraction of sp³-hybridized carbons (Fsp3) is 0.182. The third kappa shape index (κ3) is 4.24. The van der Waals surface area contributed by atoms with Crippen LogP contribution in [0.15, 0.2) is 63.3 Å². The van der Waals surface area contributed by atoms with Crippen LogP contribution >= 0.6 is 11.3 Å². The van der Waals surface area contributed by atoms with Crippen LogP contribution in [-0.2, 0) is 10.0 Å². The smallest absolute Gasteiger partial charge is 0.269 e. The Kier molecular flexibility index (Phi) is 6.25. The Bertz CT molecular complexity index is 1380. The van der Waals surface area contributed by atoms with Crippen molar-refractivity contribution in [1.29, 1.82) is 0 Å². The van der Waals surface area contributed by atoms with E-state index in [-0.39, 0.29) is 16.6 Å². The Morgan fingerprint density at radius 2 is 1.73 bits per heavy atom. The Labute approximate surface area is 195 Å². The van der Waals surface area contributed by atoms with Gasteiger partial charge in [-0.25, -0.2) is 8.42 Å². The lowest BCUT2D eigenvalue weighted by molar-refractivity contribution is 0.394. The lowest BCUT2D eigenvalue weighted by atomic mass is 10.2. The second kappa shape index (κ2) is 9.12. The number of sulfonamides is 1. The first-order valence-electron chi connectivity index (χ1n) is 9.66. The summed E-state index contributed by atoms with van der Waals surface area (Å²) in [4.78, 5) is 4.84. The van der Waals surface area contributed by atoms with Crippen molar-refractivity contribution in [3.63, 3.8) is 0 Å². The van der Waals surface area contributed by atoms with Gasteiger partial charge in [-0.3, -0.25) is 4.31 Å². The van der Waals surface area contributed by atoms with E-state index in [0.29, 0.717) is 33.4 Å². The lowest BCUT2D eigenvalue weighted by Crippen LogP contribution is -2.26. The number of ether oxygens (including phenoxy) is 3. The molecule has 0 bridgehead atoms. The average molecular weight is 488 g/mol. The number of thiophene rings is 1. The van der Waals surface area contributed by atoms with Gasteiger partial charge in [0.25, 0.3) is 15.9 Å². The molecule has 0 N–H and O–H groups in total. The van der Waals surface area contributed by atoms with Gasteiger partial charge in [-0.05, 0) is 35.7 Å². The van der Waals surface area contributed by atoms with Crippen LogP contribution in [0.1, 0.15) is 0 Å². The predicted molar refractivity (Wildman–Crippen MR) is 125 cm³/mol. The molecule has 2 aromatic carbocycles. The Morgan fingerprint density at radius 3 is 2.45 bits per heavy atom. The summed E-state index contributed by atoms with van der Waals surface area (Å²) < 4.78 is 49.3. The zero-order chi connectivity index (χ0) is 23.6. The van der Waals surface area contributed by atoms with Crippen molar-refractivity contribution >= 4 is 27.0 Å². The Balaban J connectivity index is 1.71. The van der Waals surface area contributed by atoms with Crippen LogP contribution in [0, 0.1) is 0 Å². The van der Waals surface area contributed by atoms with E-state index in [0.717, 1.165) is 0 Å². The number of rotatable bonds is 8. The molecule has 2 heterocycles. The van der Waals surface area contributed by atoms with Crippen molar-refractivity contribution < 1.29 is 27.2 Å². The van der Waals surface area contributed by atoms with Crippen molar-refractivity contribution in [3.8, 4) is 39.4 Å². The minimum absolute atomic E-state index is 0.0646. The zero-order valence-corrected chi connectivity index (χ0v) is 19.9. The van der Waals surface area contributed by atoms with E-state index >= 15 is 0 Å². The highest BCUT2D eigenvalue weighted by Gasteiger charge is 2.29. The topological polar surface area (TPSA) is 104 Å². The molecule has 0 aliphatic rings. The maximum atomic E-state index is 13.4. The Morgan fingerprint density at radius 1 is 0.970 bits per heavy atom. The van der Waals surface area contributed by atoms with Gasteiger partial charge in [0, 0.05) is 19.2 Å². The second-order valence-electron chi connectivity index (χ2n) is 6.78. The van der Waals surface area contributed by atoms with E-state index in [1.165, 1.54) is 43.0 Å². The van der Waals surface area contributed by atoms with Gasteiger partial charge in [0.1, 0.15) is 27.0 Å². The summed E-state index contributed by atoms with van der Waals surface area (Å²) in [5, 5.41) is 5.70. The number of anilines is 1. The molecule has 0 fully saturated rings. The molecule has 0 saturated carbocycles. The monoisotopic (exact) mass is 487 g/mol. The van der Waals surface area contributed by atoms with Crippen LogP contribution in [0.3, 0.4) is 0 Å². The normalized spacial score (nSPS) is 11.3. The predicted octanol–water partition coefficient (Wildman–Crippen LogP) is 4.32. The average Bonchev–Trinajstić information content (AvgIpc) is 3.53. The van der Waals surface area contributed by atoms with Crippen molar-refractivity contribution in [2.24, 2.45) is 0 Å². The number of nitrogens with zero attached hydrogens (tertiary/aromatic N) is 3. The van der Waals surface area contributed by atoms with Crippen LogP contribution < -0.4 is 18.5 Å². The lowest BCUT2D eigenvalue weighted by Gasteiger charge is -2.19. The molecule has 0 unspecified atom stereocenters. The molecule has 172 valence electrons. The molecule has 0 spiro atoms. The van der Waals surface area contributed by atoms with Crippen LogP contribution in [-0.4, -0.2) is 46.9 Å². The number of aromatic nitrogens is 2. The molecule has 0 radical (unpaired) electrons. The summed E-state index contributed by atoms with van der Waals surface area (Å²) in [5.74, 6) is 2.03. The summed E-state index contributed by atoms with van der Waals surface area (Å²) >= 11 is 1.20. The first kappa shape index (κ1) is 22.6. The van der Waals surface area contributed by atoms with E-state index < -0.39 is 10.0 Å². The van der Waals surface area contributed by atoms with E-state index in [2.05, 4.69) is 10.1 Å². The van der Waals surface area contributed by atoms with E-state index in [1.54, 1.807) is 55.0 Å². The zero-order valence-electron chi connectivity index (χ0n) is 18.3. The molecule has 0 aliphatic heterocycles. The fourth-order valence-electron chi connectivity index (χ4n) is 3.16. The van der Waals surface area contributed by atoms with Gasteiger partial charge in [0.15, 0.2) is 0 Å². The third-order valence-electron chi connectivity index (χ3n) is 4.95. The SMILES string of the molecule is COc1cccc(N(C)S(=O)(=O)c2ccsc2-c2nc(-c3ccc(OC)cc3OC)no2)c1. The molecule has 0 amide bonds. The largest absolute Gasteiger partial charge is 0.497 e. The van der Waals surface area contributed by atoms with Gasteiger partial charge in [-0.1, -0.05) is 11.2 Å². The fourth-order valence-corrected chi connectivity index (χ4v) is 5.66. The quantitative estimate of drug-likeness (QED) is 0.362. The van der Waals surface area contributed by atoms with Crippen LogP contribution in [0.2, 0.25) is 0 Å². The molecular formula is C22H21N3O6S2. The van der Waals surface area contributed by atoms with Crippen molar-refractivity contribution in [3.05, 3.63) is 53.9 Å². The molecule has 11 heteroatoms. The second-order valence-corrected chi connectivity index (χ2v) is 9.63. The maximum Gasteiger partial charge on any atom is 0.269 e. The van der Waals surface area contributed by atoms with Crippen molar-refractivity contribution in [1.82, 2.24) is 10.1 Å². The van der Waals surface area contributed by atoms with Crippen molar-refractivity contribution in [2.45, 2.75) is 4.90 Å². The highest BCUT2D eigenvalue weighted by molar-refractivity contribution is 7.93. The van der Waals surface area contributed by atoms with Crippen LogP contribution in [0.5, 0.6) is 17.2 Å². The first-order chi connectivity index (χ1) is 15.9. The number of hydrogen-bond donors (Lipinski definition) is 0. The van der Waals surface area contributed by atoms with Gasteiger partial charge in [0.05, 0.1) is 32.6 Å². The molecule has 9 nitrogen and oxygen atoms in total. The van der Waals surface area contributed by atoms with Gasteiger partial charge >= 0.3 is 0 Å². The first-order valence-corrected chi connectivity index (χ1v) is 12.0. The van der Waals surface area contributed by atoms with Crippen LogP contribution in [0.4, 0.5) is 5.69 Å². The standard InChI is InChI=1S/C22H21N3O6S2/c1-25(14-6-5-7-15(12-14)28-2)33(26,27)19-10-11-32-20(19)22-23-21(24-31-22)17-9-8-16(29-3)13-18(17)30-4/h5-13H,1-4H3. The van der Waals surface area contributed by atoms with E-state index in [9.17, 15) is 8.42 Å². The highest BCUT2D eigenvalue weighted by Crippen LogP contribution is 2.37. The minimum atomic E-state index is -3.91. The maximum absolute atomic E-state index is 13.4. The molecule has 2 aromatic heterocycles. The molecule has 0 aliphatic carbocycles. The van der Waals surface area contributed by atoms with E-state index in [4.69, 9.17) is 18.7 Å². The third-order valence-corrected chi connectivity index (χ3v) is 7.81. The number of hydrogen-bond acceptors (Lipinski definition) is 9. The van der Waals surface area contributed by atoms with Crippen molar-refractivity contribution in [2.75, 3.05) is 32.7 Å². The molecule has 33 heavy (non-hydrogen) atoms. The summed E-state index contributed by atoms with van der Waals surface area (Å²) in [6, 6.07) is 13.5. The molecule has 0 atom stereocenters. The Hall–Kier alpha value is -3.57. The summed E-state index contributed by atoms with van der Waals surface area (Å²) in [7, 11) is 2.18. The molecule has 4 aromatic rings. The molecule has 4 rings (SSSR count). The van der Waals surface area contributed by atoms with Crippen LogP contribution in [0.25, 0.3) is 22.2 Å². The summed E-state index contributed by atoms with van der Waals surface area (Å²) in [6.07, 6.45) is 0. The highest BCUT2D eigenvalue weighted by atomic mass is 32.2. The molecular weight excluding hydrogens is 466 g/mol. The van der Waals surface area contributed by atoms with Gasteiger partial charge in [-0.2, -0.15) is 4.98 Å². The van der Waals surface area contributed by atoms with E-state index in [1.807, 2.05) is 0 Å². The van der Waals surface area contributed by atoms with Gasteiger partial charge in [-0.15, -0.1) is 11.3 Å². The van der Waals surface area contributed by atoms with Gasteiger partial charge in [0.2, 0.25) is 5.82 Å².